The molecule has 0 saturated heterocycles. The molecule has 0 fully saturated rings. The molecule has 1 heterocycles. The Morgan fingerprint density at radius 1 is 0.721 bits per heavy atom. The van der Waals surface area contributed by atoms with E-state index >= 15 is 0 Å². The Hall–Kier alpha value is -2.88. The molecule has 4 rings (SSSR count). The van der Waals surface area contributed by atoms with Crippen molar-refractivity contribution in [2.24, 2.45) is 0 Å². The van der Waals surface area contributed by atoms with Crippen molar-refractivity contribution in [1.29, 1.82) is 0 Å². The molecule has 43 heavy (non-hydrogen) atoms. The van der Waals surface area contributed by atoms with E-state index in [2.05, 4.69) is 72.7 Å². The first-order valence-corrected chi connectivity index (χ1v) is 16.9. The largest absolute Gasteiger partial charge is 0.497 e. The van der Waals surface area contributed by atoms with Crippen LogP contribution in [0, 0.1) is 0 Å². The van der Waals surface area contributed by atoms with Gasteiger partial charge in [0.1, 0.15) is 22.7 Å². The maximum Gasteiger partial charge on any atom is 0.384 e. The van der Waals surface area contributed by atoms with E-state index in [9.17, 15) is 4.89 Å². The van der Waals surface area contributed by atoms with E-state index in [1.165, 1.54) is 50.5 Å². The number of unbranched alkanes of at least 4 members (excludes halogenated alkanes) is 6. The van der Waals surface area contributed by atoms with Crippen molar-refractivity contribution in [2.75, 3.05) is 14.2 Å². The van der Waals surface area contributed by atoms with Crippen LogP contribution in [0.15, 0.2) is 50.9 Å². The highest BCUT2D eigenvalue weighted by Gasteiger charge is 2.29. The molecule has 6 heteroatoms. The normalized spacial score (nSPS) is 12.7. The zero-order valence-corrected chi connectivity index (χ0v) is 28.6. The average molecular weight is 607 g/mol. The topological polar surface area (TPSA) is 65.0 Å². The highest BCUT2D eigenvalue weighted by atomic mass is 31.1. The molecule has 5 nitrogen and oxygen atoms in total. The first-order valence-electron chi connectivity index (χ1n) is 15.8. The first kappa shape index (κ1) is 33.0. The van der Waals surface area contributed by atoms with Crippen LogP contribution in [0.3, 0.4) is 0 Å². The van der Waals surface area contributed by atoms with E-state index in [1.54, 1.807) is 14.2 Å². The van der Waals surface area contributed by atoms with Crippen LogP contribution in [0.2, 0.25) is 0 Å². The maximum atomic E-state index is 11.1. The molecule has 0 aliphatic heterocycles. The van der Waals surface area contributed by atoms with Gasteiger partial charge >= 0.3 is 8.24 Å². The van der Waals surface area contributed by atoms with Crippen LogP contribution in [0.4, 0.5) is 0 Å². The SMILES string of the molecule is CCCCCCCCCc1ccc(-c2c(OC)cc3c(op(O)oc4c(C(C)(C)C)cc(OC)cc43)c2C(C)(C)C)cc1. The molecule has 234 valence electrons. The first-order chi connectivity index (χ1) is 20.4. The molecule has 3 aromatic carbocycles. The molecule has 0 aliphatic carbocycles. The summed E-state index contributed by atoms with van der Waals surface area (Å²) in [7, 11) is 1.16. The molecule has 1 unspecified atom stereocenters. The van der Waals surface area contributed by atoms with Crippen molar-refractivity contribution in [3.63, 3.8) is 0 Å². The van der Waals surface area contributed by atoms with Crippen LogP contribution in [0.25, 0.3) is 33.1 Å². The number of ether oxygens (including phenoxy) is 2. The van der Waals surface area contributed by atoms with Gasteiger partial charge in [-0.2, -0.15) is 0 Å². The Morgan fingerprint density at radius 3 is 1.91 bits per heavy atom. The summed E-state index contributed by atoms with van der Waals surface area (Å²) in [4.78, 5) is 11.1. The summed E-state index contributed by atoms with van der Waals surface area (Å²) in [6, 6.07) is 14.8. The summed E-state index contributed by atoms with van der Waals surface area (Å²) in [5, 5.41) is 1.64. The molecular weight excluding hydrogens is 555 g/mol. The minimum absolute atomic E-state index is 0.257. The second-order valence-corrected chi connectivity index (χ2v) is 14.6. The van der Waals surface area contributed by atoms with Crippen molar-refractivity contribution in [3.8, 4) is 22.6 Å². The molecule has 0 spiro atoms. The van der Waals surface area contributed by atoms with Crippen molar-refractivity contribution >= 4 is 30.2 Å². The minimum Gasteiger partial charge on any atom is -0.497 e. The molecule has 1 aromatic heterocycles. The van der Waals surface area contributed by atoms with Gasteiger partial charge in [0.2, 0.25) is 0 Å². The Labute approximate surface area is 259 Å². The van der Waals surface area contributed by atoms with Gasteiger partial charge < -0.3 is 17.9 Å². The number of rotatable bonds is 11. The van der Waals surface area contributed by atoms with Crippen LogP contribution < -0.4 is 9.47 Å². The molecule has 0 aliphatic rings. The summed E-state index contributed by atoms with van der Waals surface area (Å²) in [6.45, 7) is 15.1. The molecular formula is C37H51O5P. The molecule has 1 N–H and O–H groups in total. The van der Waals surface area contributed by atoms with E-state index in [4.69, 9.17) is 17.9 Å². The molecule has 0 saturated carbocycles. The van der Waals surface area contributed by atoms with Gasteiger partial charge in [0.25, 0.3) is 0 Å². The second kappa shape index (κ2) is 13.8. The van der Waals surface area contributed by atoms with E-state index in [0.29, 0.717) is 11.2 Å². The number of aryl methyl sites for hydroxylation is 1. The zero-order chi connectivity index (χ0) is 31.4. The fraction of sp³-hybridized carbons (Fsp3) is 0.514. The Kier molecular flexibility index (Phi) is 10.6. The summed E-state index contributed by atoms with van der Waals surface area (Å²) in [5.41, 5.74) is 5.94. The van der Waals surface area contributed by atoms with Crippen LogP contribution in [0.5, 0.6) is 11.5 Å². The minimum atomic E-state index is -2.23. The lowest BCUT2D eigenvalue weighted by Crippen LogP contribution is -2.14. The van der Waals surface area contributed by atoms with Gasteiger partial charge in [0, 0.05) is 27.5 Å². The van der Waals surface area contributed by atoms with Gasteiger partial charge in [-0.3, -0.25) is 4.89 Å². The maximum absolute atomic E-state index is 11.1. The van der Waals surface area contributed by atoms with Gasteiger partial charge in [-0.15, -0.1) is 0 Å². The van der Waals surface area contributed by atoms with Crippen LogP contribution in [-0.2, 0) is 17.3 Å². The summed E-state index contributed by atoms with van der Waals surface area (Å²) < 4.78 is 24.3. The Balaban J connectivity index is 1.89. The zero-order valence-electron chi connectivity index (χ0n) is 27.7. The molecule has 0 amide bonds. The van der Waals surface area contributed by atoms with Gasteiger partial charge in [-0.25, -0.2) is 0 Å². The van der Waals surface area contributed by atoms with Gasteiger partial charge in [0.15, 0.2) is 0 Å². The summed E-state index contributed by atoms with van der Waals surface area (Å²) in [5.74, 6) is 1.47. The molecule has 0 radical (unpaired) electrons. The van der Waals surface area contributed by atoms with Crippen molar-refractivity contribution in [3.05, 3.63) is 59.2 Å². The third-order valence-corrected chi connectivity index (χ3v) is 8.94. The van der Waals surface area contributed by atoms with Crippen molar-refractivity contribution in [2.45, 2.75) is 111 Å². The third-order valence-electron chi connectivity index (χ3n) is 8.26. The van der Waals surface area contributed by atoms with Gasteiger partial charge in [-0.1, -0.05) is 111 Å². The monoisotopic (exact) mass is 606 g/mol. The number of benzene rings is 3. The smallest absolute Gasteiger partial charge is 0.384 e. The Morgan fingerprint density at radius 2 is 1.33 bits per heavy atom. The quantitative estimate of drug-likeness (QED) is 0.172. The van der Waals surface area contributed by atoms with E-state index in [1.807, 2.05) is 18.2 Å². The number of hydrogen-bond acceptors (Lipinski definition) is 5. The predicted octanol–water partition coefficient (Wildman–Crippen LogP) is 11.6. The lowest BCUT2D eigenvalue weighted by atomic mass is 9.79. The van der Waals surface area contributed by atoms with Crippen LogP contribution in [0.1, 0.15) is 110 Å². The summed E-state index contributed by atoms with van der Waals surface area (Å²) in [6.07, 6.45) is 10.3. The Bertz CT molecular complexity index is 1570. The van der Waals surface area contributed by atoms with E-state index in [0.717, 1.165) is 50.9 Å². The number of methoxy groups -OCH3 is 2. The predicted molar refractivity (Wildman–Crippen MR) is 182 cm³/mol. The molecule has 4 aromatic rings. The second-order valence-electron chi connectivity index (χ2n) is 13.7. The highest BCUT2D eigenvalue weighted by Crippen LogP contribution is 2.48. The fourth-order valence-electron chi connectivity index (χ4n) is 5.97. The standard InChI is InChI=1S/C37H51O5P/c1-10-11-12-13-14-15-16-17-25-18-20-26(21-19-25)32-31(40-9)24-29-28-22-27(39-8)23-30(36(2,3)4)34(28)41-43(38)42-35(29)33(32)37(5,6)7/h18-24,38H,10-17H2,1-9H3. The van der Waals surface area contributed by atoms with Crippen molar-refractivity contribution in [1.82, 2.24) is 0 Å². The average Bonchev–Trinajstić information content (AvgIpc) is 3.09. The van der Waals surface area contributed by atoms with E-state index < -0.39 is 8.24 Å². The number of hydrogen-bond donors (Lipinski definition) is 1. The van der Waals surface area contributed by atoms with E-state index in [-0.39, 0.29) is 10.8 Å². The third kappa shape index (κ3) is 7.62. The van der Waals surface area contributed by atoms with Gasteiger partial charge in [0.05, 0.1) is 14.2 Å². The lowest BCUT2D eigenvalue weighted by Gasteiger charge is -2.26. The molecule has 1 atom stereocenters. The van der Waals surface area contributed by atoms with Crippen molar-refractivity contribution < 1.29 is 22.8 Å². The van der Waals surface area contributed by atoms with Crippen LogP contribution >= 0.6 is 8.24 Å². The number of fused-ring (bicyclic) bond motifs is 3. The van der Waals surface area contributed by atoms with Gasteiger partial charge in [-0.05, 0) is 53.0 Å². The fourth-order valence-corrected chi connectivity index (χ4v) is 6.71. The van der Waals surface area contributed by atoms with Crippen LogP contribution in [-0.4, -0.2) is 19.1 Å². The highest BCUT2D eigenvalue weighted by molar-refractivity contribution is 7.30. The lowest BCUT2D eigenvalue weighted by molar-refractivity contribution is 0.413. The molecule has 0 bridgehead atoms. The summed E-state index contributed by atoms with van der Waals surface area (Å²) >= 11 is 0.